The van der Waals surface area contributed by atoms with E-state index in [1.165, 1.54) is 11.8 Å². The summed E-state index contributed by atoms with van der Waals surface area (Å²) in [5.41, 5.74) is 1.54. The van der Waals surface area contributed by atoms with Crippen molar-refractivity contribution < 1.29 is 19.1 Å². The number of carbonyl (C=O) groups is 3. The summed E-state index contributed by atoms with van der Waals surface area (Å²) in [6.07, 6.45) is 0. The van der Waals surface area contributed by atoms with Crippen molar-refractivity contribution in [2.45, 2.75) is 13.5 Å². The van der Waals surface area contributed by atoms with Crippen LogP contribution in [-0.4, -0.2) is 36.3 Å². The summed E-state index contributed by atoms with van der Waals surface area (Å²) >= 11 is 0. The number of hydrogen-bond donors (Lipinski definition) is 1. The van der Waals surface area contributed by atoms with Crippen molar-refractivity contribution in [3.63, 3.8) is 0 Å². The number of ether oxygens (including phenoxy) is 1. The minimum Gasteiger partial charge on any atom is -0.452 e. The fourth-order valence-corrected chi connectivity index (χ4v) is 2.96. The molecule has 3 rings (SSSR count). The Hall–Kier alpha value is -3.67. The molecule has 0 aliphatic carbocycles. The van der Waals surface area contributed by atoms with Crippen LogP contribution < -0.4 is 5.32 Å². The lowest BCUT2D eigenvalue weighted by molar-refractivity contribution is -0.133. The smallest absolute Gasteiger partial charge is 0.340 e. The van der Waals surface area contributed by atoms with Gasteiger partial charge < -0.3 is 15.0 Å². The van der Waals surface area contributed by atoms with E-state index in [1.54, 1.807) is 19.2 Å². The van der Waals surface area contributed by atoms with Gasteiger partial charge in [0.1, 0.15) is 0 Å². The number of fused-ring (bicyclic) bond motifs is 1. The molecule has 1 N–H and O–H groups in total. The predicted octanol–water partition coefficient (Wildman–Crippen LogP) is 3.61. The molecule has 2 amide bonds. The Morgan fingerprint density at radius 2 is 1.55 bits per heavy atom. The molecule has 0 atom stereocenters. The number of nitrogens with one attached hydrogen (secondary N) is 1. The second-order valence-corrected chi connectivity index (χ2v) is 6.74. The largest absolute Gasteiger partial charge is 0.452 e. The summed E-state index contributed by atoms with van der Waals surface area (Å²) < 4.78 is 5.24. The van der Waals surface area contributed by atoms with Crippen molar-refractivity contribution >= 4 is 34.2 Å². The summed E-state index contributed by atoms with van der Waals surface area (Å²) in [7, 11) is 1.65. The molecule has 0 spiro atoms. The second-order valence-electron chi connectivity index (χ2n) is 6.74. The predicted molar refractivity (Wildman–Crippen MR) is 111 cm³/mol. The molecule has 0 heterocycles. The molecule has 6 heteroatoms. The number of likely N-dealkylation sites (N-methyl/N-ethyl adjacent to an activating group) is 1. The van der Waals surface area contributed by atoms with Crippen LogP contribution >= 0.6 is 0 Å². The van der Waals surface area contributed by atoms with Crippen LogP contribution in [0.3, 0.4) is 0 Å². The Balaban J connectivity index is 1.71. The number of nitrogens with zero attached hydrogens (tertiary/aromatic N) is 1. The van der Waals surface area contributed by atoms with E-state index in [-0.39, 0.29) is 24.0 Å². The molecule has 0 radical (unpaired) electrons. The molecular formula is C23H22N2O4. The third-order valence-electron chi connectivity index (χ3n) is 4.43. The maximum absolute atomic E-state index is 12.6. The van der Waals surface area contributed by atoms with Gasteiger partial charge in [0.25, 0.3) is 5.91 Å². The zero-order valence-corrected chi connectivity index (χ0v) is 16.3. The zero-order chi connectivity index (χ0) is 20.8. The summed E-state index contributed by atoms with van der Waals surface area (Å²) in [4.78, 5) is 38.0. The number of benzene rings is 3. The normalized spacial score (nSPS) is 10.4. The fourth-order valence-electron chi connectivity index (χ4n) is 2.96. The molecule has 0 aliphatic rings. The number of carbonyl (C=O) groups excluding carboxylic acids is 3. The van der Waals surface area contributed by atoms with Crippen LogP contribution in [0.1, 0.15) is 22.8 Å². The molecule has 0 saturated heterocycles. The van der Waals surface area contributed by atoms with Gasteiger partial charge in [-0.15, -0.1) is 0 Å². The van der Waals surface area contributed by atoms with Crippen molar-refractivity contribution in [1.82, 2.24) is 4.90 Å². The van der Waals surface area contributed by atoms with E-state index in [0.717, 1.165) is 16.3 Å². The molecule has 0 fully saturated rings. The minimum atomic E-state index is -0.666. The first kappa shape index (κ1) is 20.1. The van der Waals surface area contributed by atoms with Gasteiger partial charge in [0.2, 0.25) is 5.91 Å². The van der Waals surface area contributed by atoms with Gasteiger partial charge in [-0.25, -0.2) is 4.79 Å². The molecule has 6 nitrogen and oxygen atoms in total. The van der Waals surface area contributed by atoms with E-state index >= 15 is 0 Å². The van der Waals surface area contributed by atoms with Gasteiger partial charge in [-0.2, -0.15) is 0 Å². The third kappa shape index (κ3) is 5.19. The van der Waals surface area contributed by atoms with Gasteiger partial charge >= 0.3 is 5.97 Å². The Morgan fingerprint density at radius 3 is 2.21 bits per heavy atom. The number of amides is 2. The van der Waals surface area contributed by atoms with E-state index < -0.39 is 5.97 Å². The maximum atomic E-state index is 12.6. The summed E-state index contributed by atoms with van der Waals surface area (Å²) in [5.74, 6) is -1.28. The van der Waals surface area contributed by atoms with Gasteiger partial charge in [0, 0.05) is 20.5 Å². The molecule has 0 saturated carbocycles. The standard InChI is InChI=1S/C23H22N2O4/c1-16(26)24-21-13-19-11-7-6-10-18(19)12-20(21)23(28)29-15-22(27)25(2)14-17-8-4-3-5-9-17/h3-13H,14-15H2,1-2H3,(H,24,26). The lowest BCUT2D eigenvalue weighted by Gasteiger charge is -2.17. The third-order valence-corrected chi connectivity index (χ3v) is 4.43. The van der Waals surface area contributed by atoms with Crippen molar-refractivity contribution in [2.24, 2.45) is 0 Å². The van der Waals surface area contributed by atoms with E-state index in [2.05, 4.69) is 5.32 Å². The fraction of sp³-hybridized carbons (Fsp3) is 0.174. The Bertz CT molecular complexity index is 1050. The van der Waals surface area contributed by atoms with Crippen LogP contribution in [0.15, 0.2) is 66.7 Å². The summed E-state index contributed by atoms with van der Waals surface area (Å²) in [6, 6.07) is 20.4. The Morgan fingerprint density at radius 1 is 0.931 bits per heavy atom. The van der Waals surface area contributed by atoms with Crippen LogP contribution in [0.25, 0.3) is 10.8 Å². The van der Waals surface area contributed by atoms with E-state index in [4.69, 9.17) is 4.74 Å². The van der Waals surface area contributed by atoms with Crippen LogP contribution in [0, 0.1) is 0 Å². The molecule has 0 aliphatic heterocycles. The first-order valence-corrected chi connectivity index (χ1v) is 9.19. The number of anilines is 1. The molecule has 0 unspecified atom stereocenters. The zero-order valence-electron chi connectivity index (χ0n) is 16.3. The molecule has 148 valence electrons. The Labute approximate surface area is 169 Å². The van der Waals surface area contributed by atoms with Crippen LogP contribution in [0.5, 0.6) is 0 Å². The number of rotatable bonds is 6. The quantitative estimate of drug-likeness (QED) is 0.653. The minimum absolute atomic E-state index is 0.206. The van der Waals surface area contributed by atoms with E-state index in [9.17, 15) is 14.4 Å². The number of hydrogen-bond acceptors (Lipinski definition) is 4. The average molecular weight is 390 g/mol. The van der Waals surface area contributed by atoms with Gasteiger partial charge in [-0.3, -0.25) is 9.59 Å². The SMILES string of the molecule is CC(=O)Nc1cc2ccccc2cc1C(=O)OCC(=O)N(C)Cc1ccccc1. The lowest BCUT2D eigenvalue weighted by atomic mass is 10.0. The molecule has 3 aromatic carbocycles. The van der Waals surface area contributed by atoms with E-state index in [1.807, 2.05) is 54.6 Å². The van der Waals surface area contributed by atoms with Crippen molar-refractivity contribution in [2.75, 3.05) is 19.0 Å². The van der Waals surface area contributed by atoms with Gasteiger partial charge in [0.05, 0.1) is 11.3 Å². The molecule has 0 aromatic heterocycles. The highest BCUT2D eigenvalue weighted by atomic mass is 16.5. The maximum Gasteiger partial charge on any atom is 0.340 e. The van der Waals surface area contributed by atoms with Crippen LogP contribution in [-0.2, 0) is 20.9 Å². The van der Waals surface area contributed by atoms with Gasteiger partial charge in [0.15, 0.2) is 6.61 Å². The Kier molecular flexibility index (Phi) is 6.24. The highest BCUT2D eigenvalue weighted by molar-refractivity contribution is 6.05. The van der Waals surface area contributed by atoms with Gasteiger partial charge in [-0.1, -0.05) is 54.6 Å². The van der Waals surface area contributed by atoms with Crippen LogP contribution in [0.4, 0.5) is 5.69 Å². The van der Waals surface area contributed by atoms with Crippen molar-refractivity contribution in [3.8, 4) is 0 Å². The number of esters is 1. The highest BCUT2D eigenvalue weighted by Gasteiger charge is 2.18. The topological polar surface area (TPSA) is 75.7 Å². The monoisotopic (exact) mass is 390 g/mol. The molecule has 29 heavy (non-hydrogen) atoms. The first-order chi connectivity index (χ1) is 13.9. The van der Waals surface area contributed by atoms with Crippen molar-refractivity contribution in [1.29, 1.82) is 0 Å². The molecule has 0 bridgehead atoms. The van der Waals surface area contributed by atoms with Gasteiger partial charge in [-0.05, 0) is 28.5 Å². The lowest BCUT2D eigenvalue weighted by Crippen LogP contribution is -2.31. The van der Waals surface area contributed by atoms with Crippen molar-refractivity contribution in [3.05, 3.63) is 77.9 Å². The first-order valence-electron chi connectivity index (χ1n) is 9.19. The highest BCUT2D eigenvalue weighted by Crippen LogP contribution is 2.25. The molecule has 3 aromatic rings. The second kappa shape index (κ2) is 9.01. The average Bonchev–Trinajstić information content (AvgIpc) is 2.71. The summed E-state index contributed by atoms with van der Waals surface area (Å²) in [5, 5.41) is 4.37. The molecular weight excluding hydrogens is 368 g/mol. The van der Waals surface area contributed by atoms with E-state index in [0.29, 0.717) is 12.2 Å². The van der Waals surface area contributed by atoms with Crippen LogP contribution in [0.2, 0.25) is 0 Å². The summed E-state index contributed by atoms with van der Waals surface area (Å²) in [6.45, 7) is 1.41.